The Morgan fingerprint density at radius 2 is 1.52 bits per heavy atom. The van der Waals surface area contributed by atoms with Crippen LogP contribution in [-0.2, 0) is 6.18 Å². The zero-order valence-corrected chi connectivity index (χ0v) is 13.2. The second-order valence-electron chi connectivity index (χ2n) is 4.34. The van der Waals surface area contributed by atoms with Crippen LogP contribution in [0, 0.1) is 0 Å². The van der Waals surface area contributed by atoms with Gasteiger partial charge in [-0.1, -0.05) is 34.8 Å². The summed E-state index contributed by atoms with van der Waals surface area (Å²) in [5.41, 5.74) is -1.34. The topological polar surface area (TPSA) is 9.23 Å². The minimum Gasteiger partial charge on any atom is -0.435 e. The lowest BCUT2D eigenvalue weighted by Crippen LogP contribution is -2.08. The van der Waals surface area contributed by atoms with Crippen LogP contribution >= 0.6 is 34.8 Å². The first-order chi connectivity index (χ1) is 10.6. The van der Waals surface area contributed by atoms with E-state index in [-0.39, 0.29) is 26.2 Å². The molecule has 0 saturated heterocycles. The maximum absolute atomic E-state index is 12.9. The number of hydrogen-bond donors (Lipinski definition) is 0. The third-order valence-corrected chi connectivity index (χ3v) is 3.91. The summed E-state index contributed by atoms with van der Waals surface area (Å²) in [6.45, 7) is -3.28. The first kappa shape index (κ1) is 18.1. The highest BCUT2D eigenvalue weighted by atomic mass is 35.5. The van der Waals surface area contributed by atoms with Gasteiger partial charge in [-0.05, 0) is 35.9 Å². The zero-order valence-electron chi connectivity index (χ0n) is 10.9. The van der Waals surface area contributed by atoms with E-state index in [2.05, 4.69) is 4.74 Å². The Morgan fingerprint density at radius 1 is 0.913 bits per heavy atom. The molecule has 0 heterocycles. The molecule has 0 atom stereocenters. The van der Waals surface area contributed by atoms with Crippen molar-refractivity contribution < 1.29 is 26.7 Å². The van der Waals surface area contributed by atoms with E-state index in [0.29, 0.717) is 6.07 Å². The predicted molar refractivity (Wildman–Crippen MR) is 78.5 cm³/mol. The van der Waals surface area contributed by atoms with Gasteiger partial charge in [-0.15, -0.1) is 0 Å². The highest BCUT2D eigenvalue weighted by molar-refractivity contribution is 6.46. The number of benzene rings is 2. The van der Waals surface area contributed by atoms with Crippen molar-refractivity contribution in [3.8, 4) is 16.9 Å². The molecule has 0 radical (unpaired) electrons. The van der Waals surface area contributed by atoms with Crippen molar-refractivity contribution in [3.05, 3.63) is 51.0 Å². The Labute approximate surface area is 142 Å². The summed E-state index contributed by atoms with van der Waals surface area (Å²) in [7, 11) is 0. The molecule has 1 nitrogen and oxygen atoms in total. The minimum atomic E-state index is -4.77. The van der Waals surface area contributed by atoms with Gasteiger partial charge in [-0.2, -0.15) is 22.0 Å². The van der Waals surface area contributed by atoms with E-state index < -0.39 is 24.1 Å². The number of alkyl halides is 5. The van der Waals surface area contributed by atoms with Crippen LogP contribution in [0.3, 0.4) is 0 Å². The fourth-order valence-corrected chi connectivity index (χ4v) is 2.62. The van der Waals surface area contributed by atoms with Gasteiger partial charge in [0.05, 0.1) is 15.6 Å². The van der Waals surface area contributed by atoms with Gasteiger partial charge in [0, 0.05) is 10.6 Å². The third-order valence-electron chi connectivity index (χ3n) is 2.79. The standard InChI is InChI=1S/C14H6Cl3F5O/c15-9-1-2-10(16)12(17)11(9)6-3-7(14(20,21)22)5-8(4-6)23-13(18)19/h1-5,13H. The zero-order chi connectivity index (χ0) is 17.4. The summed E-state index contributed by atoms with van der Waals surface area (Å²) >= 11 is 17.7. The number of hydrogen-bond acceptors (Lipinski definition) is 1. The molecule has 124 valence electrons. The van der Waals surface area contributed by atoms with Gasteiger partial charge >= 0.3 is 12.8 Å². The number of ether oxygens (including phenoxy) is 1. The maximum atomic E-state index is 12.9. The van der Waals surface area contributed by atoms with Crippen molar-refractivity contribution in [2.75, 3.05) is 0 Å². The minimum absolute atomic E-state index is 0.00829. The third kappa shape index (κ3) is 4.19. The molecule has 2 aromatic rings. The van der Waals surface area contributed by atoms with Crippen LogP contribution in [0.5, 0.6) is 5.75 Å². The van der Waals surface area contributed by atoms with Crippen molar-refractivity contribution in [1.29, 1.82) is 0 Å². The van der Waals surface area contributed by atoms with E-state index in [9.17, 15) is 22.0 Å². The average Bonchev–Trinajstić information content (AvgIpc) is 2.41. The summed E-state index contributed by atoms with van der Waals surface area (Å²) in [4.78, 5) is 0. The molecule has 2 rings (SSSR count). The van der Waals surface area contributed by atoms with E-state index in [0.717, 1.165) is 12.1 Å². The first-order valence-electron chi connectivity index (χ1n) is 5.90. The molecule has 0 N–H and O–H groups in total. The second-order valence-corrected chi connectivity index (χ2v) is 5.53. The largest absolute Gasteiger partial charge is 0.435 e. The van der Waals surface area contributed by atoms with Gasteiger partial charge in [0.25, 0.3) is 0 Å². The predicted octanol–water partition coefficient (Wildman–Crippen LogP) is 6.93. The van der Waals surface area contributed by atoms with Crippen LogP contribution in [0.1, 0.15) is 5.56 Å². The van der Waals surface area contributed by atoms with E-state index in [4.69, 9.17) is 34.8 Å². The van der Waals surface area contributed by atoms with Crippen molar-refractivity contribution in [3.63, 3.8) is 0 Å². The molecular formula is C14H6Cl3F5O. The number of halogens is 8. The van der Waals surface area contributed by atoms with Crippen molar-refractivity contribution in [2.45, 2.75) is 12.8 Å². The Balaban J connectivity index is 2.69. The fourth-order valence-electron chi connectivity index (χ4n) is 1.87. The van der Waals surface area contributed by atoms with Gasteiger partial charge in [0.15, 0.2) is 0 Å². The van der Waals surface area contributed by atoms with Crippen molar-refractivity contribution in [1.82, 2.24) is 0 Å². The summed E-state index contributed by atoms with van der Waals surface area (Å²) in [5.74, 6) is -0.670. The van der Waals surface area contributed by atoms with Gasteiger partial charge < -0.3 is 4.74 Å². The molecule has 0 fully saturated rings. The van der Waals surface area contributed by atoms with E-state index in [1.54, 1.807) is 0 Å². The molecule has 0 amide bonds. The molecule has 0 aromatic heterocycles. The van der Waals surface area contributed by atoms with E-state index >= 15 is 0 Å². The molecule has 23 heavy (non-hydrogen) atoms. The van der Waals surface area contributed by atoms with Crippen molar-refractivity contribution >= 4 is 34.8 Å². The SMILES string of the molecule is FC(F)Oc1cc(-c2c(Cl)ccc(Cl)c2Cl)cc(C(F)(F)F)c1. The van der Waals surface area contributed by atoms with Gasteiger partial charge in [0.1, 0.15) is 5.75 Å². The summed E-state index contributed by atoms with van der Waals surface area (Å²) in [6.07, 6.45) is -4.77. The molecule has 0 aliphatic heterocycles. The molecular weight excluding hydrogens is 386 g/mol. The first-order valence-corrected chi connectivity index (χ1v) is 7.04. The fraction of sp³-hybridized carbons (Fsp3) is 0.143. The lowest BCUT2D eigenvalue weighted by Gasteiger charge is -2.15. The lowest BCUT2D eigenvalue weighted by atomic mass is 10.0. The highest BCUT2D eigenvalue weighted by Gasteiger charge is 2.32. The van der Waals surface area contributed by atoms with E-state index in [1.165, 1.54) is 12.1 Å². The Bertz CT molecular complexity index is 731. The Kier molecular flexibility index (Phi) is 5.28. The van der Waals surface area contributed by atoms with Crippen molar-refractivity contribution in [2.24, 2.45) is 0 Å². The summed E-state index contributed by atoms with van der Waals surface area (Å²) in [6, 6.07) is 4.85. The van der Waals surface area contributed by atoms with Crippen LogP contribution in [-0.4, -0.2) is 6.61 Å². The lowest BCUT2D eigenvalue weighted by molar-refractivity contribution is -0.138. The van der Waals surface area contributed by atoms with E-state index in [1.807, 2.05) is 0 Å². The Hall–Kier alpha value is -1.24. The molecule has 0 aliphatic carbocycles. The van der Waals surface area contributed by atoms with Gasteiger partial charge in [0.2, 0.25) is 0 Å². The van der Waals surface area contributed by atoms with Gasteiger partial charge in [-0.3, -0.25) is 0 Å². The highest BCUT2D eigenvalue weighted by Crippen LogP contribution is 2.42. The van der Waals surface area contributed by atoms with Crippen LogP contribution in [0.15, 0.2) is 30.3 Å². The molecule has 0 bridgehead atoms. The van der Waals surface area contributed by atoms with Crippen LogP contribution in [0.2, 0.25) is 15.1 Å². The van der Waals surface area contributed by atoms with Crippen LogP contribution in [0.25, 0.3) is 11.1 Å². The molecule has 0 unspecified atom stereocenters. The molecule has 2 aromatic carbocycles. The summed E-state index contributed by atoms with van der Waals surface area (Å²) < 4.78 is 67.6. The smallest absolute Gasteiger partial charge is 0.416 e. The number of rotatable bonds is 3. The van der Waals surface area contributed by atoms with Gasteiger partial charge in [-0.25, -0.2) is 0 Å². The second kappa shape index (κ2) is 6.71. The average molecular weight is 392 g/mol. The maximum Gasteiger partial charge on any atom is 0.416 e. The normalized spacial score (nSPS) is 11.9. The molecule has 0 saturated carbocycles. The molecule has 0 aliphatic rings. The quantitative estimate of drug-likeness (QED) is 0.407. The molecule has 0 spiro atoms. The molecule has 9 heteroatoms. The Morgan fingerprint density at radius 3 is 2.09 bits per heavy atom. The summed E-state index contributed by atoms with van der Waals surface area (Å²) in [5, 5.41) is -0.0250. The van der Waals surface area contributed by atoms with Crippen LogP contribution < -0.4 is 4.74 Å². The van der Waals surface area contributed by atoms with Crippen LogP contribution in [0.4, 0.5) is 22.0 Å². The monoisotopic (exact) mass is 390 g/mol.